The Morgan fingerprint density at radius 3 is 1.81 bits per heavy atom. The van der Waals surface area contributed by atoms with E-state index in [1.54, 1.807) is 6.07 Å². The summed E-state index contributed by atoms with van der Waals surface area (Å²) < 4.78 is 9.86. The Labute approximate surface area is 159 Å². The molecule has 1 aromatic rings. The fourth-order valence-corrected chi connectivity index (χ4v) is 2.04. The van der Waals surface area contributed by atoms with Crippen LogP contribution >= 0.6 is 0 Å². The molecule has 0 aliphatic rings. The summed E-state index contributed by atoms with van der Waals surface area (Å²) in [5.74, 6) is 0.803. The van der Waals surface area contributed by atoms with E-state index in [2.05, 4.69) is 33.8 Å². The molecule has 148 valence electrons. The van der Waals surface area contributed by atoms with Gasteiger partial charge in [0, 0.05) is 31.3 Å². The van der Waals surface area contributed by atoms with Crippen LogP contribution in [-0.2, 0) is 19.1 Å². The highest BCUT2D eigenvalue weighted by atomic mass is 16.5. The number of nitrogens with zero attached hydrogens (tertiary/aromatic N) is 3. The van der Waals surface area contributed by atoms with Crippen LogP contribution in [0.5, 0.6) is 0 Å². The number of ether oxygens (including phenoxy) is 2. The summed E-state index contributed by atoms with van der Waals surface area (Å²) in [5.41, 5.74) is 0. The quantitative estimate of drug-likeness (QED) is 0.301. The lowest BCUT2D eigenvalue weighted by molar-refractivity contribution is -0.138. The van der Waals surface area contributed by atoms with Gasteiger partial charge in [-0.3, -0.25) is 0 Å². The van der Waals surface area contributed by atoms with Crippen LogP contribution in [0.1, 0.15) is 13.8 Å². The molecule has 0 saturated carbocycles. The Morgan fingerprint density at radius 2 is 1.44 bits per heavy atom. The van der Waals surface area contributed by atoms with Gasteiger partial charge in [0.1, 0.15) is 24.8 Å². The number of rotatable bonds is 13. The first-order valence-corrected chi connectivity index (χ1v) is 8.74. The minimum absolute atomic E-state index is 0.190. The lowest BCUT2D eigenvalue weighted by atomic mass is 10.4. The maximum Gasteiger partial charge on any atom is 0.330 e. The molecule has 9 nitrogen and oxygen atoms in total. The third kappa shape index (κ3) is 8.21. The zero-order valence-corrected chi connectivity index (χ0v) is 15.9. The van der Waals surface area contributed by atoms with E-state index in [9.17, 15) is 9.59 Å². The van der Waals surface area contributed by atoms with Crippen molar-refractivity contribution >= 4 is 29.5 Å². The van der Waals surface area contributed by atoms with E-state index in [4.69, 9.17) is 9.47 Å². The van der Waals surface area contributed by atoms with Gasteiger partial charge in [-0.1, -0.05) is 13.2 Å². The van der Waals surface area contributed by atoms with Gasteiger partial charge >= 0.3 is 11.9 Å². The van der Waals surface area contributed by atoms with Gasteiger partial charge in [-0.25, -0.2) is 9.59 Å². The van der Waals surface area contributed by atoms with E-state index >= 15 is 0 Å². The highest BCUT2D eigenvalue weighted by Gasteiger charge is 2.10. The van der Waals surface area contributed by atoms with Gasteiger partial charge in [0.15, 0.2) is 0 Å². The minimum Gasteiger partial charge on any atom is -0.461 e. The van der Waals surface area contributed by atoms with Crippen LogP contribution in [-0.4, -0.2) is 61.3 Å². The summed E-state index contributed by atoms with van der Waals surface area (Å²) in [6.45, 7) is 13.4. The molecule has 9 heteroatoms. The fraction of sp³-hybridized carbons (Fsp3) is 0.444. The molecule has 2 N–H and O–H groups in total. The second kappa shape index (κ2) is 12.3. The molecule has 27 heavy (non-hydrogen) atoms. The summed E-state index contributed by atoms with van der Waals surface area (Å²) in [4.78, 5) is 33.1. The van der Waals surface area contributed by atoms with E-state index < -0.39 is 11.9 Å². The molecule has 0 aromatic carbocycles. The van der Waals surface area contributed by atoms with Gasteiger partial charge in [0.2, 0.25) is 5.95 Å². The van der Waals surface area contributed by atoms with Gasteiger partial charge in [0.25, 0.3) is 0 Å². The van der Waals surface area contributed by atoms with Crippen molar-refractivity contribution in [3.05, 3.63) is 31.4 Å². The second-order valence-electron chi connectivity index (χ2n) is 5.21. The number of esters is 2. The average molecular weight is 377 g/mol. The Morgan fingerprint density at radius 1 is 1.00 bits per heavy atom. The summed E-state index contributed by atoms with van der Waals surface area (Å²) in [6.07, 6.45) is 2.23. The van der Waals surface area contributed by atoms with Crippen LogP contribution in [0.3, 0.4) is 0 Å². The van der Waals surface area contributed by atoms with Crippen molar-refractivity contribution in [2.24, 2.45) is 0 Å². The van der Waals surface area contributed by atoms with Crippen molar-refractivity contribution in [1.29, 1.82) is 0 Å². The number of carbonyl (C=O) groups excluding carboxylic acids is 2. The molecule has 0 spiro atoms. The number of aromatic nitrogens is 2. The Hall–Kier alpha value is -3.10. The van der Waals surface area contributed by atoms with Gasteiger partial charge in [-0.2, -0.15) is 9.97 Å². The number of nitrogens with one attached hydrogen (secondary N) is 2. The van der Waals surface area contributed by atoms with E-state index in [1.165, 1.54) is 0 Å². The maximum atomic E-state index is 11.1. The largest absolute Gasteiger partial charge is 0.461 e. The summed E-state index contributed by atoms with van der Waals surface area (Å²) in [7, 11) is 0. The maximum absolute atomic E-state index is 11.1. The predicted molar refractivity (Wildman–Crippen MR) is 105 cm³/mol. The number of anilines is 3. The van der Waals surface area contributed by atoms with Gasteiger partial charge < -0.3 is 25.0 Å². The molecule has 0 aliphatic heterocycles. The number of hydrogen-bond donors (Lipinski definition) is 2. The predicted octanol–water partition coefficient (Wildman–Crippen LogP) is 1.60. The third-order valence-corrected chi connectivity index (χ3v) is 3.40. The molecule has 0 fully saturated rings. The first-order chi connectivity index (χ1) is 13.0. The fourth-order valence-electron chi connectivity index (χ4n) is 2.04. The van der Waals surface area contributed by atoms with Crippen LogP contribution in [0.4, 0.5) is 17.6 Å². The molecule has 0 radical (unpaired) electrons. The monoisotopic (exact) mass is 377 g/mol. The number of hydrogen-bond acceptors (Lipinski definition) is 9. The zero-order valence-electron chi connectivity index (χ0n) is 15.9. The van der Waals surface area contributed by atoms with Crippen molar-refractivity contribution in [3.8, 4) is 0 Å². The molecule has 1 heterocycles. The highest BCUT2D eigenvalue weighted by molar-refractivity contribution is 5.81. The van der Waals surface area contributed by atoms with E-state index in [-0.39, 0.29) is 13.2 Å². The lowest BCUT2D eigenvalue weighted by Gasteiger charge is -2.20. The molecule has 0 bridgehead atoms. The van der Waals surface area contributed by atoms with E-state index in [0.29, 0.717) is 30.7 Å². The van der Waals surface area contributed by atoms with Crippen molar-refractivity contribution in [1.82, 2.24) is 9.97 Å². The molecule has 0 saturated heterocycles. The van der Waals surface area contributed by atoms with Crippen molar-refractivity contribution < 1.29 is 19.1 Å². The van der Waals surface area contributed by atoms with Crippen molar-refractivity contribution in [3.63, 3.8) is 0 Å². The van der Waals surface area contributed by atoms with Crippen LogP contribution in [0.15, 0.2) is 31.4 Å². The zero-order chi connectivity index (χ0) is 20.1. The van der Waals surface area contributed by atoms with E-state index in [1.807, 2.05) is 18.7 Å². The van der Waals surface area contributed by atoms with Crippen molar-refractivity contribution in [2.75, 3.05) is 54.9 Å². The molecule has 1 rings (SSSR count). The molecule has 0 unspecified atom stereocenters. The summed E-state index contributed by atoms with van der Waals surface area (Å²) >= 11 is 0. The Bertz CT molecular complexity index is 600. The molecule has 0 aliphatic carbocycles. The first-order valence-electron chi connectivity index (χ1n) is 8.74. The van der Waals surface area contributed by atoms with E-state index in [0.717, 1.165) is 25.2 Å². The SMILES string of the molecule is C=CC(=O)OCCNc1cc(NCCOC(=O)C=C)nc(N(CC)CC)n1. The molecular weight excluding hydrogens is 350 g/mol. The smallest absolute Gasteiger partial charge is 0.330 e. The molecule has 0 atom stereocenters. The second-order valence-corrected chi connectivity index (χ2v) is 5.21. The first kappa shape index (κ1) is 21.9. The topological polar surface area (TPSA) is 106 Å². The molecule has 1 aromatic heterocycles. The minimum atomic E-state index is -0.472. The third-order valence-electron chi connectivity index (χ3n) is 3.40. The van der Waals surface area contributed by atoms with Gasteiger partial charge in [0.05, 0.1) is 13.1 Å². The van der Waals surface area contributed by atoms with Crippen LogP contribution in [0, 0.1) is 0 Å². The number of carbonyl (C=O) groups is 2. The normalized spacial score (nSPS) is 9.85. The average Bonchev–Trinajstić information content (AvgIpc) is 2.69. The Balaban J connectivity index is 2.74. The molecular formula is C18H27N5O4. The standard InChI is InChI=1S/C18H27N5O4/c1-5-16(24)26-11-9-19-14-13-15(20-10-12-27-17(25)6-2)22-18(21-14)23(7-3)8-4/h5-6,13H,1-2,7-12H2,3-4H3,(H2,19,20,21,22). The summed E-state index contributed by atoms with van der Waals surface area (Å²) in [6, 6.07) is 1.73. The van der Waals surface area contributed by atoms with Crippen LogP contribution < -0.4 is 15.5 Å². The van der Waals surface area contributed by atoms with Gasteiger partial charge in [-0.15, -0.1) is 0 Å². The Kier molecular flexibility index (Phi) is 9.98. The van der Waals surface area contributed by atoms with Crippen LogP contribution in [0.2, 0.25) is 0 Å². The van der Waals surface area contributed by atoms with Crippen LogP contribution in [0.25, 0.3) is 0 Å². The highest BCUT2D eigenvalue weighted by Crippen LogP contribution is 2.17. The van der Waals surface area contributed by atoms with Gasteiger partial charge in [-0.05, 0) is 13.8 Å². The summed E-state index contributed by atoms with van der Waals surface area (Å²) in [5, 5.41) is 6.20. The lowest BCUT2D eigenvalue weighted by Crippen LogP contribution is -2.25. The van der Waals surface area contributed by atoms with Crippen molar-refractivity contribution in [2.45, 2.75) is 13.8 Å². The molecule has 0 amide bonds.